The number of methoxy groups -OCH3 is 1. The smallest absolute Gasteiger partial charge is 0.173 e. The Bertz CT molecular complexity index is 974. The third kappa shape index (κ3) is 4.11. The SMILES string of the molecule is COc1cc(C(=O)C2(c3ccccc3)CCCCC2)ccc1OCc1ccccc1. The van der Waals surface area contributed by atoms with E-state index in [1.807, 2.05) is 66.7 Å². The van der Waals surface area contributed by atoms with Crippen LogP contribution in [0, 0.1) is 0 Å². The quantitative estimate of drug-likeness (QED) is 0.433. The first-order chi connectivity index (χ1) is 14.7. The maximum absolute atomic E-state index is 13.8. The van der Waals surface area contributed by atoms with Gasteiger partial charge in [-0.25, -0.2) is 0 Å². The highest BCUT2D eigenvalue weighted by molar-refractivity contribution is 6.04. The zero-order valence-electron chi connectivity index (χ0n) is 17.5. The molecule has 4 rings (SSSR count). The first kappa shape index (κ1) is 20.2. The molecule has 0 aliphatic heterocycles. The number of ether oxygens (including phenoxy) is 2. The minimum absolute atomic E-state index is 0.182. The highest BCUT2D eigenvalue weighted by Gasteiger charge is 2.41. The van der Waals surface area contributed by atoms with Crippen LogP contribution in [-0.4, -0.2) is 12.9 Å². The molecule has 0 N–H and O–H groups in total. The van der Waals surface area contributed by atoms with E-state index in [0.717, 1.165) is 36.8 Å². The zero-order chi connectivity index (χ0) is 20.8. The summed E-state index contributed by atoms with van der Waals surface area (Å²) in [7, 11) is 1.62. The van der Waals surface area contributed by atoms with Crippen LogP contribution in [0.25, 0.3) is 0 Å². The number of benzene rings is 3. The minimum Gasteiger partial charge on any atom is -0.493 e. The number of hydrogen-bond acceptors (Lipinski definition) is 3. The van der Waals surface area contributed by atoms with Gasteiger partial charge in [0.1, 0.15) is 6.61 Å². The van der Waals surface area contributed by atoms with Crippen molar-refractivity contribution in [1.29, 1.82) is 0 Å². The molecule has 0 saturated heterocycles. The van der Waals surface area contributed by atoms with Crippen molar-refractivity contribution in [2.45, 2.75) is 44.1 Å². The van der Waals surface area contributed by atoms with E-state index in [9.17, 15) is 4.79 Å². The van der Waals surface area contributed by atoms with Crippen molar-refractivity contribution >= 4 is 5.78 Å². The summed E-state index contributed by atoms with van der Waals surface area (Å²) in [6.45, 7) is 0.457. The second-order valence-electron chi connectivity index (χ2n) is 7.98. The summed E-state index contributed by atoms with van der Waals surface area (Å²) in [5, 5.41) is 0. The molecule has 3 aromatic carbocycles. The van der Waals surface area contributed by atoms with E-state index in [0.29, 0.717) is 23.7 Å². The summed E-state index contributed by atoms with van der Waals surface area (Å²) in [5.74, 6) is 1.42. The van der Waals surface area contributed by atoms with Gasteiger partial charge < -0.3 is 9.47 Å². The maximum Gasteiger partial charge on any atom is 0.173 e. The standard InChI is InChI=1S/C27H28O3/c1-29-25-19-22(15-16-24(25)30-20-21-11-5-2-6-12-21)26(28)27(17-9-4-10-18-27)23-13-7-3-8-14-23/h2-3,5-8,11-16,19H,4,9-10,17-18,20H2,1H3. The Morgan fingerprint density at radius 1 is 0.833 bits per heavy atom. The normalized spacial score (nSPS) is 15.4. The van der Waals surface area contributed by atoms with Crippen LogP contribution in [0.5, 0.6) is 11.5 Å². The number of carbonyl (C=O) groups is 1. The molecule has 0 aromatic heterocycles. The number of carbonyl (C=O) groups excluding carboxylic acids is 1. The maximum atomic E-state index is 13.8. The fourth-order valence-corrected chi connectivity index (χ4v) is 4.50. The fourth-order valence-electron chi connectivity index (χ4n) is 4.50. The van der Waals surface area contributed by atoms with Crippen molar-refractivity contribution in [2.75, 3.05) is 7.11 Å². The van der Waals surface area contributed by atoms with Gasteiger partial charge in [0.05, 0.1) is 12.5 Å². The first-order valence-corrected chi connectivity index (χ1v) is 10.7. The Morgan fingerprint density at radius 3 is 2.17 bits per heavy atom. The number of rotatable bonds is 7. The largest absolute Gasteiger partial charge is 0.493 e. The lowest BCUT2D eigenvalue weighted by atomic mass is 9.65. The highest BCUT2D eigenvalue weighted by Crippen LogP contribution is 2.43. The van der Waals surface area contributed by atoms with Crippen LogP contribution in [0.3, 0.4) is 0 Å². The van der Waals surface area contributed by atoms with Gasteiger partial charge in [-0.1, -0.05) is 79.9 Å². The van der Waals surface area contributed by atoms with Gasteiger partial charge in [-0.3, -0.25) is 4.79 Å². The average molecular weight is 401 g/mol. The molecule has 0 amide bonds. The predicted octanol–water partition coefficient (Wildman–Crippen LogP) is 6.36. The molecule has 0 atom stereocenters. The minimum atomic E-state index is -0.447. The average Bonchev–Trinajstić information content (AvgIpc) is 2.84. The van der Waals surface area contributed by atoms with Crippen LogP contribution in [0.4, 0.5) is 0 Å². The molecule has 0 unspecified atom stereocenters. The van der Waals surface area contributed by atoms with E-state index < -0.39 is 5.41 Å². The summed E-state index contributed by atoms with van der Waals surface area (Å²) in [5.41, 5.74) is 2.45. The van der Waals surface area contributed by atoms with Gasteiger partial charge in [-0.15, -0.1) is 0 Å². The fraction of sp³-hybridized carbons (Fsp3) is 0.296. The monoisotopic (exact) mass is 400 g/mol. The summed E-state index contributed by atoms with van der Waals surface area (Å²) in [6.07, 6.45) is 5.14. The summed E-state index contributed by atoms with van der Waals surface area (Å²) >= 11 is 0. The third-order valence-electron chi connectivity index (χ3n) is 6.13. The highest BCUT2D eigenvalue weighted by atomic mass is 16.5. The molecule has 3 nitrogen and oxygen atoms in total. The third-order valence-corrected chi connectivity index (χ3v) is 6.13. The number of Topliss-reactive ketones (excluding diaryl/α,β-unsaturated/α-hetero) is 1. The lowest BCUT2D eigenvalue weighted by molar-refractivity contribution is 0.0839. The van der Waals surface area contributed by atoms with Crippen LogP contribution in [0.2, 0.25) is 0 Å². The van der Waals surface area contributed by atoms with E-state index in [2.05, 4.69) is 12.1 Å². The first-order valence-electron chi connectivity index (χ1n) is 10.7. The van der Waals surface area contributed by atoms with Crippen molar-refractivity contribution in [2.24, 2.45) is 0 Å². The van der Waals surface area contributed by atoms with E-state index in [1.165, 1.54) is 6.42 Å². The molecule has 0 spiro atoms. The zero-order valence-corrected chi connectivity index (χ0v) is 17.5. The molecule has 0 radical (unpaired) electrons. The van der Waals surface area contributed by atoms with Crippen LogP contribution in [0.1, 0.15) is 53.6 Å². The summed E-state index contributed by atoms with van der Waals surface area (Å²) in [6, 6.07) is 25.8. The molecule has 30 heavy (non-hydrogen) atoms. The van der Waals surface area contributed by atoms with E-state index in [-0.39, 0.29) is 5.78 Å². The van der Waals surface area contributed by atoms with Crippen LogP contribution in [-0.2, 0) is 12.0 Å². The van der Waals surface area contributed by atoms with Crippen molar-refractivity contribution in [3.8, 4) is 11.5 Å². The Balaban J connectivity index is 1.61. The molecular weight excluding hydrogens is 372 g/mol. The Labute approximate surface area is 178 Å². The van der Waals surface area contributed by atoms with Crippen LogP contribution < -0.4 is 9.47 Å². The Morgan fingerprint density at radius 2 is 1.50 bits per heavy atom. The molecule has 3 aromatic rings. The van der Waals surface area contributed by atoms with Crippen molar-refractivity contribution < 1.29 is 14.3 Å². The van der Waals surface area contributed by atoms with Crippen LogP contribution in [0.15, 0.2) is 78.9 Å². The van der Waals surface area contributed by atoms with Gasteiger partial charge in [0.2, 0.25) is 0 Å². The molecule has 0 heterocycles. The second-order valence-corrected chi connectivity index (χ2v) is 7.98. The molecule has 3 heteroatoms. The predicted molar refractivity (Wildman–Crippen MR) is 119 cm³/mol. The van der Waals surface area contributed by atoms with Gasteiger partial charge in [0.15, 0.2) is 17.3 Å². The van der Waals surface area contributed by atoms with Crippen molar-refractivity contribution in [1.82, 2.24) is 0 Å². The molecule has 1 aliphatic rings. The van der Waals surface area contributed by atoms with Gasteiger partial charge >= 0.3 is 0 Å². The van der Waals surface area contributed by atoms with E-state index in [4.69, 9.17) is 9.47 Å². The molecule has 0 bridgehead atoms. The lowest BCUT2D eigenvalue weighted by Gasteiger charge is -2.36. The topological polar surface area (TPSA) is 35.5 Å². The lowest BCUT2D eigenvalue weighted by Crippen LogP contribution is -2.38. The van der Waals surface area contributed by atoms with Gasteiger partial charge in [-0.2, -0.15) is 0 Å². The van der Waals surface area contributed by atoms with Gasteiger partial charge in [0.25, 0.3) is 0 Å². The van der Waals surface area contributed by atoms with E-state index in [1.54, 1.807) is 7.11 Å². The second kappa shape index (κ2) is 9.17. The Kier molecular flexibility index (Phi) is 6.18. The molecule has 154 valence electrons. The van der Waals surface area contributed by atoms with E-state index >= 15 is 0 Å². The van der Waals surface area contributed by atoms with Crippen LogP contribution >= 0.6 is 0 Å². The number of ketones is 1. The van der Waals surface area contributed by atoms with Crippen molar-refractivity contribution in [3.05, 3.63) is 95.6 Å². The van der Waals surface area contributed by atoms with Crippen molar-refractivity contribution in [3.63, 3.8) is 0 Å². The van der Waals surface area contributed by atoms with Gasteiger partial charge in [-0.05, 0) is 42.2 Å². The molecule has 1 aliphatic carbocycles. The number of hydrogen-bond donors (Lipinski definition) is 0. The molecule has 1 saturated carbocycles. The van der Waals surface area contributed by atoms with Gasteiger partial charge in [0, 0.05) is 5.56 Å². The summed E-state index contributed by atoms with van der Waals surface area (Å²) < 4.78 is 11.5. The molecule has 1 fully saturated rings. The Hall–Kier alpha value is -3.07. The summed E-state index contributed by atoms with van der Waals surface area (Å²) in [4.78, 5) is 13.8. The molecular formula is C27H28O3.